The van der Waals surface area contributed by atoms with Crippen LogP contribution < -0.4 is 4.90 Å². The van der Waals surface area contributed by atoms with Crippen LogP contribution in [0.2, 0.25) is 5.15 Å². The van der Waals surface area contributed by atoms with E-state index >= 15 is 0 Å². The Morgan fingerprint density at radius 2 is 1.86 bits per heavy atom. The second kappa shape index (κ2) is 11.5. The third kappa shape index (κ3) is 6.23. The molecule has 0 saturated carbocycles. The first-order valence-electron chi connectivity index (χ1n) is 11.8. The summed E-state index contributed by atoms with van der Waals surface area (Å²) < 4.78 is 14.1. The topological polar surface area (TPSA) is 72.9 Å². The molecule has 35 heavy (non-hydrogen) atoms. The maximum absolute atomic E-state index is 14.1. The molecule has 4 rings (SSSR count). The Morgan fingerprint density at radius 3 is 2.54 bits per heavy atom. The highest BCUT2D eigenvalue weighted by atomic mass is 35.5. The van der Waals surface area contributed by atoms with Crippen molar-refractivity contribution in [3.63, 3.8) is 0 Å². The smallest absolute Gasteiger partial charge is 0.257 e. The van der Waals surface area contributed by atoms with E-state index in [-0.39, 0.29) is 29.2 Å². The lowest BCUT2D eigenvalue weighted by molar-refractivity contribution is -0.130. The number of anilines is 1. The first-order valence-corrected chi connectivity index (χ1v) is 13.2. The first-order chi connectivity index (χ1) is 16.9. The van der Waals surface area contributed by atoms with Crippen molar-refractivity contribution in [3.05, 3.63) is 46.9 Å². The van der Waals surface area contributed by atoms with Gasteiger partial charge in [-0.05, 0) is 25.6 Å². The molecule has 1 atom stereocenters. The minimum absolute atomic E-state index is 0.0739. The average Bonchev–Trinajstić information content (AvgIpc) is 2.87. The number of likely N-dealkylation sites (N-methyl/N-ethyl adjacent to an activating group) is 1. The Hall–Kier alpha value is -2.43. The minimum atomic E-state index is -0.516. The van der Waals surface area contributed by atoms with Crippen molar-refractivity contribution in [1.29, 1.82) is 0 Å². The third-order valence-electron chi connectivity index (χ3n) is 6.47. The lowest BCUT2D eigenvalue weighted by Crippen LogP contribution is -2.54. The molecule has 2 aliphatic heterocycles. The molecule has 0 bridgehead atoms. The van der Waals surface area contributed by atoms with Crippen LogP contribution in [-0.4, -0.2) is 101 Å². The Bertz CT molecular complexity index is 1070. The summed E-state index contributed by atoms with van der Waals surface area (Å²) in [6.07, 6.45) is 0. The van der Waals surface area contributed by atoms with Crippen LogP contribution in [0.1, 0.15) is 24.2 Å². The highest BCUT2D eigenvalue weighted by Crippen LogP contribution is 2.25. The number of piperazine rings is 2. The molecule has 2 fully saturated rings. The zero-order valence-corrected chi connectivity index (χ0v) is 21.6. The van der Waals surface area contributed by atoms with Gasteiger partial charge in [-0.1, -0.05) is 42.4 Å². The Kier molecular flexibility index (Phi) is 8.46. The number of amides is 2. The van der Waals surface area contributed by atoms with E-state index in [0.29, 0.717) is 35.8 Å². The maximum Gasteiger partial charge on any atom is 0.257 e. The molecule has 1 aromatic carbocycles. The third-order valence-corrected chi connectivity index (χ3v) is 7.50. The molecular formula is C24H30ClFN6O2S. The predicted molar refractivity (Wildman–Crippen MR) is 136 cm³/mol. The number of rotatable bonds is 6. The summed E-state index contributed by atoms with van der Waals surface area (Å²) >= 11 is 7.56. The van der Waals surface area contributed by atoms with Crippen molar-refractivity contribution >= 4 is 41.0 Å². The largest absolute Gasteiger partial charge is 0.353 e. The van der Waals surface area contributed by atoms with Crippen molar-refractivity contribution in [3.8, 4) is 0 Å². The molecule has 8 nitrogen and oxygen atoms in total. The van der Waals surface area contributed by atoms with Crippen molar-refractivity contribution < 1.29 is 14.0 Å². The predicted octanol–water partition coefficient (Wildman–Crippen LogP) is 2.88. The Morgan fingerprint density at radius 1 is 1.11 bits per heavy atom. The Balaban J connectivity index is 1.36. The molecule has 2 saturated heterocycles. The second-order valence-corrected chi connectivity index (χ2v) is 10.0. The number of halogens is 2. The van der Waals surface area contributed by atoms with Gasteiger partial charge in [-0.3, -0.25) is 9.59 Å². The summed E-state index contributed by atoms with van der Waals surface area (Å²) in [5.41, 5.74) is 0.0809. The van der Waals surface area contributed by atoms with E-state index in [0.717, 1.165) is 32.7 Å². The van der Waals surface area contributed by atoms with Crippen LogP contribution in [0.5, 0.6) is 0 Å². The van der Waals surface area contributed by atoms with Gasteiger partial charge in [0.2, 0.25) is 5.91 Å². The molecule has 11 heteroatoms. The van der Waals surface area contributed by atoms with Crippen LogP contribution >= 0.6 is 23.4 Å². The van der Waals surface area contributed by atoms with E-state index < -0.39 is 5.82 Å². The number of carbonyl (C=O) groups is 2. The second-order valence-electron chi connectivity index (χ2n) is 8.71. The molecule has 2 aromatic rings. The number of hydrogen-bond donors (Lipinski definition) is 0. The molecule has 3 heterocycles. The van der Waals surface area contributed by atoms with Gasteiger partial charge in [0.15, 0.2) is 5.16 Å². The normalized spacial score (nSPS) is 19.2. The summed E-state index contributed by atoms with van der Waals surface area (Å²) in [4.78, 5) is 42.4. The molecule has 1 unspecified atom stereocenters. The van der Waals surface area contributed by atoms with Crippen molar-refractivity contribution in [1.82, 2.24) is 24.7 Å². The molecule has 0 radical (unpaired) electrons. The standard InChI is InChI=1S/C24H30ClFN6O2S/c1-3-29-8-10-30(11-9-29)22(33)16-35-24-27-20(25)14-21(28-24)31-12-13-32(17(2)15-31)23(34)18-6-4-5-7-19(18)26/h4-7,14,17H,3,8-13,15-16H2,1-2H3. The number of nitrogens with zero attached hydrogens (tertiary/aromatic N) is 6. The molecular weight excluding hydrogens is 491 g/mol. The molecule has 0 spiro atoms. The van der Waals surface area contributed by atoms with Crippen LogP contribution in [0, 0.1) is 5.82 Å². The Labute approximate surface area is 214 Å². The van der Waals surface area contributed by atoms with Gasteiger partial charge in [0.05, 0.1) is 11.3 Å². The lowest BCUT2D eigenvalue weighted by atomic mass is 10.1. The number of thioether (sulfide) groups is 1. The van der Waals surface area contributed by atoms with Gasteiger partial charge in [-0.15, -0.1) is 0 Å². The van der Waals surface area contributed by atoms with E-state index in [4.69, 9.17) is 11.6 Å². The van der Waals surface area contributed by atoms with Gasteiger partial charge in [0.25, 0.3) is 5.91 Å². The van der Waals surface area contributed by atoms with Crippen LogP contribution in [0.15, 0.2) is 35.5 Å². The van der Waals surface area contributed by atoms with Crippen molar-refractivity contribution in [2.24, 2.45) is 0 Å². The summed E-state index contributed by atoms with van der Waals surface area (Å²) in [7, 11) is 0. The highest BCUT2D eigenvalue weighted by molar-refractivity contribution is 7.99. The van der Waals surface area contributed by atoms with E-state index in [1.807, 2.05) is 16.7 Å². The average molecular weight is 521 g/mol. The fourth-order valence-corrected chi connectivity index (χ4v) is 5.38. The summed E-state index contributed by atoms with van der Waals surface area (Å²) in [6, 6.07) is 7.58. The summed E-state index contributed by atoms with van der Waals surface area (Å²) in [5, 5.41) is 0.754. The highest BCUT2D eigenvalue weighted by Gasteiger charge is 2.30. The fourth-order valence-electron chi connectivity index (χ4n) is 4.40. The van der Waals surface area contributed by atoms with E-state index in [1.54, 1.807) is 23.1 Å². The van der Waals surface area contributed by atoms with Gasteiger partial charge >= 0.3 is 0 Å². The molecule has 0 aliphatic carbocycles. The van der Waals surface area contributed by atoms with Gasteiger partial charge in [0, 0.05) is 57.9 Å². The number of hydrogen-bond acceptors (Lipinski definition) is 7. The maximum atomic E-state index is 14.1. The van der Waals surface area contributed by atoms with Gasteiger partial charge < -0.3 is 19.6 Å². The summed E-state index contributed by atoms with van der Waals surface area (Å²) in [5.74, 6) is 0.155. The minimum Gasteiger partial charge on any atom is -0.353 e. The molecule has 2 aliphatic rings. The molecule has 2 amide bonds. The number of aromatic nitrogens is 2. The van der Waals surface area contributed by atoms with Crippen LogP contribution in [0.3, 0.4) is 0 Å². The first kappa shape index (κ1) is 25.7. The van der Waals surface area contributed by atoms with Crippen LogP contribution in [-0.2, 0) is 4.79 Å². The van der Waals surface area contributed by atoms with Crippen LogP contribution in [0.25, 0.3) is 0 Å². The van der Waals surface area contributed by atoms with Gasteiger partial charge in [-0.2, -0.15) is 0 Å². The SMILES string of the molecule is CCN1CCN(C(=O)CSc2nc(Cl)cc(N3CCN(C(=O)c4ccccc4F)C(C)C3)n2)CC1. The van der Waals surface area contributed by atoms with Crippen molar-refractivity contribution in [2.75, 3.05) is 63.0 Å². The lowest BCUT2D eigenvalue weighted by Gasteiger charge is -2.40. The fraction of sp³-hybridized carbons (Fsp3) is 0.500. The van der Waals surface area contributed by atoms with Gasteiger partial charge in [-0.25, -0.2) is 14.4 Å². The summed E-state index contributed by atoms with van der Waals surface area (Å²) in [6.45, 7) is 9.82. The van der Waals surface area contributed by atoms with Crippen molar-refractivity contribution in [2.45, 2.75) is 25.0 Å². The zero-order chi connectivity index (χ0) is 24.9. The molecule has 1 aromatic heterocycles. The monoisotopic (exact) mass is 520 g/mol. The van der Waals surface area contributed by atoms with E-state index in [2.05, 4.69) is 21.8 Å². The number of carbonyl (C=O) groups excluding carboxylic acids is 2. The molecule has 188 valence electrons. The van der Waals surface area contributed by atoms with E-state index in [1.165, 1.54) is 23.9 Å². The quantitative estimate of drug-likeness (QED) is 0.329. The zero-order valence-electron chi connectivity index (χ0n) is 20.0. The molecule has 0 N–H and O–H groups in total. The van der Waals surface area contributed by atoms with Gasteiger partial charge in [0.1, 0.15) is 16.8 Å². The van der Waals surface area contributed by atoms with E-state index in [9.17, 15) is 14.0 Å². The number of benzene rings is 1. The van der Waals surface area contributed by atoms with Crippen LogP contribution in [0.4, 0.5) is 10.2 Å².